The Morgan fingerprint density at radius 2 is 1.87 bits per heavy atom. The number of imide groups is 1. The van der Waals surface area contributed by atoms with Gasteiger partial charge in [0.2, 0.25) is 22.7 Å². The summed E-state index contributed by atoms with van der Waals surface area (Å²) in [5.74, 6) is -6.69. The van der Waals surface area contributed by atoms with Crippen LogP contribution in [-0.4, -0.2) is 121 Å². The highest BCUT2D eigenvalue weighted by atomic mass is 32.2. The fourth-order valence-corrected chi connectivity index (χ4v) is 6.04. The van der Waals surface area contributed by atoms with E-state index in [1.807, 2.05) is 0 Å². The first kappa shape index (κ1) is 34.3. The molecule has 47 heavy (non-hydrogen) atoms. The lowest BCUT2D eigenvalue weighted by Crippen LogP contribution is -2.69. The molecule has 0 aliphatic carbocycles. The number of nitrogens with two attached hydrogens (primary N) is 1. The van der Waals surface area contributed by atoms with Crippen LogP contribution in [0.3, 0.4) is 0 Å². The molecule has 0 saturated carbocycles. The SMILES string of the molecule is C[C@H]1[C@H](C(=O)/C(=N/OC(C)(C)C(=O)O)c2cnc(N)s2)C(=O)N1C(=O)NS(=O)(=O)N1CCN(C(=O)c2cc(=O)c(O)c[nH]2)N(C)C1=O. The number of aromatic amines is 1. The van der Waals surface area contributed by atoms with Crippen LogP contribution in [0.1, 0.15) is 36.1 Å². The molecule has 252 valence electrons. The number of thiazole rings is 1. The van der Waals surface area contributed by atoms with Gasteiger partial charge in [-0.05, 0) is 20.8 Å². The molecule has 21 nitrogen and oxygen atoms in total. The first-order valence-corrected chi connectivity index (χ1v) is 15.5. The number of aromatic hydroxyl groups is 1. The highest BCUT2D eigenvalue weighted by Crippen LogP contribution is 2.30. The molecule has 2 aliphatic rings. The molecule has 4 rings (SSSR count). The van der Waals surface area contributed by atoms with E-state index in [0.29, 0.717) is 9.91 Å². The average molecular weight is 698 g/mol. The molecule has 4 heterocycles. The number of β-lactam (4-membered cyclic amide) rings is 1. The van der Waals surface area contributed by atoms with E-state index in [0.717, 1.165) is 55.7 Å². The van der Waals surface area contributed by atoms with Crippen molar-refractivity contribution in [1.82, 2.24) is 33.9 Å². The number of nitrogen functional groups attached to an aromatic ring is 1. The average Bonchev–Trinajstić information content (AvgIpc) is 3.40. The third-order valence-corrected chi connectivity index (χ3v) is 9.18. The van der Waals surface area contributed by atoms with Gasteiger partial charge in [-0.15, -0.1) is 0 Å². The topological polar surface area (TPSA) is 295 Å². The van der Waals surface area contributed by atoms with Gasteiger partial charge in [-0.1, -0.05) is 16.5 Å². The second-order valence-corrected chi connectivity index (χ2v) is 13.2. The molecule has 2 fully saturated rings. The lowest BCUT2D eigenvalue weighted by molar-refractivity contribution is -0.161. The van der Waals surface area contributed by atoms with Crippen LogP contribution in [0.5, 0.6) is 5.75 Å². The number of hydrogen-bond donors (Lipinski definition) is 5. The molecule has 6 amide bonds. The molecule has 2 aromatic heterocycles. The first-order chi connectivity index (χ1) is 21.8. The maximum absolute atomic E-state index is 13.4. The van der Waals surface area contributed by atoms with Crippen molar-refractivity contribution in [2.45, 2.75) is 32.4 Å². The third kappa shape index (κ3) is 6.42. The number of aliphatic carboxylic acids is 1. The highest BCUT2D eigenvalue weighted by molar-refractivity contribution is 7.88. The lowest BCUT2D eigenvalue weighted by Gasteiger charge is -2.43. The van der Waals surface area contributed by atoms with Crippen LogP contribution < -0.4 is 15.9 Å². The fraction of sp³-hybridized carbons (Fsp3) is 0.375. The Balaban J connectivity index is 1.46. The van der Waals surface area contributed by atoms with E-state index in [1.54, 1.807) is 4.72 Å². The van der Waals surface area contributed by atoms with Gasteiger partial charge in [-0.25, -0.2) is 38.4 Å². The Morgan fingerprint density at radius 1 is 1.21 bits per heavy atom. The summed E-state index contributed by atoms with van der Waals surface area (Å²) in [6.45, 7) is 2.51. The Hall–Kier alpha value is -5.58. The molecule has 23 heteroatoms. The van der Waals surface area contributed by atoms with Gasteiger partial charge in [-0.2, -0.15) is 8.42 Å². The van der Waals surface area contributed by atoms with Gasteiger partial charge in [0, 0.05) is 25.5 Å². The molecule has 0 aromatic carbocycles. The lowest BCUT2D eigenvalue weighted by atomic mass is 9.83. The third-order valence-electron chi connectivity index (χ3n) is 7.00. The molecule has 0 radical (unpaired) electrons. The Bertz CT molecular complexity index is 1890. The van der Waals surface area contributed by atoms with Gasteiger partial charge >= 0.3 is 28.2 Å². The predicted octanol–water partition coefficient (Wildman–Crippen LogP) is -1.50. The van der Waals surface area contributed by atoms with E-state index in [-0.39, 0.29) is 20.0 Å². The van der Waals surface area contributed by atoms with Crippen LogP contribution in [0.2, 0.25) is 0 Å². The van der Waals surface area contributed by atoms with Crippen LogP contribution in [0.4, 0.5) is 14.7 Å². The van der Waals surface area contributed by atoms with Crippen molar-refractivity contribution < 1.29 is 52.2 Å². The Labute approximate surface area is 268 Å². The van der Waals surface area contributed by atoms with Crippen molar-refractivity contribution >= 4 is 68.0 Å². The molecule has 0 spiro atoms. The monoisotopic (exact) mass is 697 g/mol. The number of aromatic nitrogens is 2. The molecular formula is C24H27N9O12S2. The van der Waals surface area contributed by atoms with Gasteiger partial charge in [0.05, 0.1) is 24.0 Å². The number of anilines is 1. The summed E-state index contributed by atoms with van der Waals surface area (Å²) in [7, 11) is -3.92. The zero-order chi connectivity index (χ0) is 35.2. The fourth-order valence-electron chi connectivity index (χ4n) is 4.29. The zero-order valence-corrected chi connectivity index (χ0v) is 26.5. The van der Waals surface area contributed by atoms with E-state index in [2.05, 4.69) is 15.1 Å². The number of carboxylic acid groups (broad SMARTS) is 1. The number of likely N-dealkylation sites (tertiary alicyclic amines) is 1. The summed E-state index contributed by atoms with van der Waals surface area (Å²) in [6.07, 6.45) is 2.00. The summed E-state index contributed by atoms with van der Waals surface area (Å²) in [6, 6.07) is -3.23. The second kappa shape index (κ2) is 12.3. The number of pyridine rings is 1. The number of ketones is 1. The van der Waals surface area contributed by atoms with Crippen LogP contribution >= 0.6 is 11.3 Å². The quantitative estimate of drug-likeness (QED) is 0.0862. The van der Waals surface area contributed by atoms with Gasteiger partial charge < -0.3 is 25.8 Å². The van der Waals surface area contributed by atoms with Crippen molar-refractivity contribution in [3.8, 4) is 5.75 Å². The summed E-state index contributed by atoms with van der Waals surface area (Å²) in [5.41, 5.74) is 2.05. The second-order valence-electron chi connectivity index (χ2n) is 10.5. The van der Waals surface area contributed by atoms with Gasteiger partial charge in [-0.3, -0.25) is 24.1 Å². The number of urea groups is 2. The number of amides is 6. The van der Waals surface area contributed by atoms with E-state index in [9.17, 15) is 52.2 Å². The number of Topliss-reactive ketones (excluding diaryl/α,β-unsaturated/α-hetero) is 1. The Morgan fingerprint density at radius 3 is 2.43 bits per heavy atom. The normalized spacial score (nSPS) is 18.9. The van der Waals surface area contributed by atoms with Crippen LogP contribution in [0, 0.1) is 5.92 Å². The number of nitrogens with zero attached hydrogens (tertiary/aromatic N) is 6. The van der Waals surface area contributed by atoms with Gasteiger partial charge in [0.25, 0.3) is 5.91 Å². The highest BCUT2D eigenvalue weighted by Gasteiger charge is 2.54. The van der Waals surface area contributed by atoms with Crippen molar-refractivity contribution in [2.75, 3.05) is 25.9 Å². The summed E-state index contributed by atoms with van der Waals surface area (Å²) in [4.78, 5) is 100.0. The number of rotatable bonds is 9. The van der Waals surface area contributed by atoms with Crippen LogP contribution in [0.25, 0.3) is 0 Å². The van der Waals surface area contributed by atoms with Gasteiger partial charge in [0.1, 0.15) is 11.6 Å². The number of hydrazine groups is 1. The number of carbonyl (C=O) groups excluding carboxylic acids is 5. The van der Waals surface area contributed by atoms with Gasteiger partial charge in [0.15, 0.2) is 16.6 Å². The zero-order valence-electron chi connectivity index (χ0n) is 24.9. The number of hydrogen-bond acceptors (Lipinski definition) is 15. The van der Waals surface area contributed by atoms with Crippen molar-refractivity contribution in [1.29, 1.82) is 0 Å². The predicted molar refractivity (Wildman–Crippen MR) is 158 cm³/mol. The number of carbonyl (C=O) groups is 6. The smallest absolute Gasteiger partial charge is 0.353 e. The summed E-state index contributed by atoms with van der Waals surface area (Å²) in [5, 5.41) is 23.8. The standard InChI is InChI=1S/C24H27N9O12S2/c1-10-15(17(36)16(14-9-27-21(25)46-14)28-45-24(2,3)20(39)40)19(38)33(10)22(41)29-47(43,44)32-6-5-31(30(4)23(32)42)18(37)11-7-12(34)13(35)8-26-11/h7-10,15,35H,5-6H2,1-4H3,(H2,25,27)(H,26,34)(H,29,41)(H,39,40)/b28-16+/t10-,15+/m0/s1. The minimum atomic E-state index is -4.97. The van der Waals surface area contributed by atoms with Crippen LogP contribution in [0.15, 0.2) is 28.4 Å². The Kier molecular flexibility index (Phi) is 8.99. The maximum atomic E-state index is 13.4. The molecular weight excluding hydrogens is 670 g/mol. The summed E-state index contributed by atoms with van der Waals surface area (Å²) >= 11 is 0.783. The van der Waals surface area contributed by atoms with Crippen molar-refractivity contribution in [2.24, 2.45) is 11.1 Å². The minimum Gasteiger partial charge on any atom is -0.503 e. The maximum Gasteiger partial charge on any atom is 0.353 e. The van der Waals surface area contributed by atoms with E-state index in [1.165, 1.54) is 6.92 Å². The molecule has 0 bridgehead atoms. The van der Waals surface area contributed by atoms with Crippen molar-refractivity contribution in [3.05, 3.63) is 39.3 Å². The molecule has 2 aliphatic heterocycles. The van der Waals surface area contributed by atoms with Crippen LogP contribution in [-0.2, 0) is 29.4 Å². The number of oxime groups is 1. The largest absolute Gasteiger partial charge is 0.503 e. The number of H-pyrrole nitrogens is 1. The van der Waals surface area contributed by atoms with E-state index < -0.39 is 93.4 Å². The molecule has 0 unspecified atom stereocenters. The number of carboxylic acids is 1. The summed E-state index contributed by atoms with van der Waals surface area (Å²) < 4.78 is 27.9. The molecule has 6 N–H and O–H groups in total. The molecule has 2 atom stereocenters. The first-order valence-electron chi connectivity index (χ1n) is 13.2. The minimum absolute atomic E-state index is 0.0119. The molecule has 2 saturated heterocycles. The van der Waals surface area contributed by atoms with E-state index >= 15 is 0 Å². The molecule has 2 aromatic rings. The van der Waals surface area contributed by atoms with Crippen molar-refractivity contribution in [3.63, 3.8) is 0 Å². The van der Waals surface area contributed by atoms with E-state index in [4.69, 9.17) is 10.6 Å². The number of nitrogens with one attached hydrogen (secondary N) is 2.